The van der Waals surface area contributed by atoms with Crippen molar-refractivity contribution < 1.29 is 0 Å². The molecule has 0 amide bonds. The third-order valence-corrected chi connectivity index (χ3v) is 1.45. The summed E-state index contributed by atoms with van der Waals surface area (Å²) in [6, 6.07) is 0. The van der Waals surface area contributed by atoms with Crippen LogP contribution in [0.3, 0.4) is 0 Å². The zero-order valence-corrected chi connectivity index (χ0v) is 10.2. The molecule has 0 unspecified atom stereocenters. The van der Waals surface area contributed by atoms with Crippen LogP contribution in [0.25, 0.3) is 0 Å². The molecule has 0 N–H and O–H groups in total. The maximum atomic E-state index is 3.83. The molecule has 0 aromatic rings. The van der Waals surface area contributed by atoms with Crippen LogP contribution in [-0.4, -0.2) is 0 Å². The van der Waals surface area contributed by atoms with Gasteiger partial charge in [0.05, 0.1) is 0 Å². The Balaban J connectivity index is -0.000000137. The van der Waals surface area contributed by atoms with Gasteiger partial charge in [-0.15, -0.1) is 0 Å². The maximum Gasteiger partial charge on any atom is -0.0240 e. The molecule has 76 valence electrons. The van der Waals surface area contributed by atoms with Crippen molar-refractivity contribution in [2.24, 2.45) is 5.92 Å². The summed E-state index contributed by atoms with van der Waals surface area (Å²) in [5.74, 6) is 0.708. The SMILES string of the molecule is C=C(C)[C@@H](C)CC.CC.CCC. The molecule has 12 heavy (non-hydrogen) atoms. The fourth-order valence-electron chi connectivity index (χ4n) is 0.348. The van der Waals surface area contributed by atoms with Gasteiger partial charge in [0.15, 0.2) is 0 Å². The Morgan fingerprint density at radius 3 is 1.42 bits per heavy atom. The van der Waals surface area contributed by atoms with Crippen molar-refractivity contribution in [2.45, 2.75) is 61.3 Å². The van der Waals surface area contributed by atoms with Crippen molar-refractivity contribution in [2.75, 3.05) is 0 Å². The predicted molar refractivity (Wildman–Crippen MR) is 61.6 cm³/mol. The van der Waals surface area contributed by atoms with Gasteiger partial charge in [-0.3, -0.25) is 0 Å². The topological polar surface area (TPSA) is 0 Å². The Labute approximate surface area is 80.1 Å². The number of rotatable bonds is 2. The van der Waals surface area contributed by atoms with Crippen LogP contribution in [0.1, 0.15) is 61.3 Å². The van der Waals surface area contributed by atoms with Gasteiger partial charge in [-0.25, -0.2) is 0 Å². The molecule has 0 bridgehead atoms. The fraction of sp³-hybridized carbons (Fsp3) is 0.833. The second-order valence-corrected chi connectivity index (χ2v) is 2.86. The summed E-state index contributed by atoms with van der Waals surface area (Å²) in [6.45, 7) is 18.5. The van der Waals surface area contributed by atoms with Crippen LogP contribution in [0.4, 0.5) is 0 Å². The molecule has 0 heterocycles. The minimum absolute atomic E-state index is 0.708. The van der Waals surface area contributed by atoms with Crippen molar-refractivity contribution >= 4 is 0 Å². The van der Waals surface area contributed by atoms with Gasteiger partial charge in [0.2, 0.25) is 0 Å². The Bertz CT molecular complexity index is 72.1. The highest BCUT2D eigenvalue weighted by Gasteiger charge is 1.94. The second kappa shape index (κ2) is 17.0. The van der Waals surface area contributed by atoms with Crippen LogP contribution >= 0.6 is 0 Å². The van der Waals surface area contributed by atoms with Gasteiger partial charge in [-0.1, -0.05) is 60.1 Å². The normalized spacial score (nSPS) is 9.92. The lowest BCUT2D eigenvalue weighted by atomic mass is 10.0. The molecular weight excluding hydrogens is 144 g/mol. The van der Waals surface area contributed by atoms with Crippen LogP contribution in [-0.2, 0) is 0 Å². The van der Waals surface area contributed by atoms with Crippen LogP contribution < -0.4 is 0 Å². The molecule has 0 spiro atoms. The lowest BCUT2D eigenvalue weighted by Gasteiger charge is -2.04. The lowest BCUT2D eigenvalue weighted by Crippen LogP contribution is -1.89. The van der Waals surface area contributed by atoms with E-state index in [1.54, 1.807) is 0 Å². The van der Waals surface area contributed by atoms with Gasteiger partial charge in [-0.2, -0.15) is 0 Å². The molecule has 0 aromatic heterocycles. The van der Waals surface area contributed by atoms with E-state index in [0.717, 1.165) is 0 Å². The van der Waals surface area contributed by atoms with Crippen molar-refractivity contribution in [1.82, 2.24) is 0 Å². The molecule has 0 nitrogen and oxygen atoms in total. The molecule has 0 saturated carbocycles. The van der Waals surface area contributed by atoms with Gasteiger partial charge in [-0.05, 0) is 19.3 Å². The van der Waals surface area contributed by atoms with E-state index in [1.807, 2.05) is 13.8 Å². The van der Waals surface area contributed by atoms with E-state index in [0.29, 0.717) is 5.92 Å². The van der Waals surface area contributed by atoms with Crippen molar-refractivity contribution in [3.63, 3.8) is 0 Å². The zero-order chi connectivity index (χ0) is 10.6. The first-order valence-electron chi connectivity index (χ1n) is 5.25. The van der Waals surface area contributed by atoms with Gasteiger partial charge in [0.1, 0.15) is 0 Å². The summed E-state index contributed by atoms with van der Waals surface area (Å²) >= 11 is 0. The standard InChI is InChI=1S/C7H14.C3H8.C2H6/c1-5-7(4)6(2)3;1-3-2;1-2/h7H,2,5H2,1,3-4H3;3H2,1-2H3;1-2H3/t7-;;/m0../s1. The summed E-state index contributed by atoms with van der Waals surface area (Å²) in [4.78, 5) is 0. The van der Waals surface area contributed by atoms with E-state index in [9.17, 15) is 0 Å². The van der Waals surface area contributed by atoms with Crippen LogP contribution in [0.2, 0.25) is 0 Å². The second-order valence-electron chi connectivity index (χ2n) is 2.86. The third kappa shape index (κ3) is 22.6. The summed E-state index contributed by atoms with van der Waals surface area (Å²) in [6.07, 6.45) is 2.47. The minimum Gasteiger partial charge on any atom is -0.0999 e. The van der Waals surface area contributed by atoms with Crippen LogP contribution in [0, 0.1) is 5.92 Å². The van der Waals surface area contributed by atoms with Crippen LogP contribution in [0.15, 0.2) is 12.2 Å². The highest BCUT2D eigenvalue weighted by atomic mass is 14.0. The van der Waals surface area contributed by atoms with Gasteiger partial charge >= 0.3 is 0 Å². The van der Waals surface area contributed by atoms with Crippen molar-refractivity contribution in [3.05, 3.63) is 12.2 Å². The molecule has 0 aromatic carbocycles. The zero-order valence-electron chi connectivity index (χ0n) is 10.2. The number of hydrogen-bond donors (Lipinski definition) is 0. The number of hydrogen-bond acceptors (Lipinski definition) is 0. The van der Waals surface area contributed by atoms with E-state index in [2.05, 4.69) is 41.2 Å². The Morgan fingerprint density at radius 1 is 1.17 bits per heavy atom. The minimum atomic E-state index is 0.708. The van der Waals surface area contributed by atoms with Crippen LogP contribution in [0.5, 0.6) is 0 Å². The third-order valence-electron chi connectivity index (χ3n) is 1.45. The van der Waals surface area contributed by atoms with E-state index in [-0.39, 0.29) is 0 Å². The highest BCUT2D eigenvalue weighted by Crippen LogP contribution is 2.09. The van der Waals surface area contributed by atoms with E-state index in [1.165, 1.54) is 18.4 Å². The van der Waals surface area contributed by atoms with Gasteiger partial charge < -0.3 is 0 Å². The maximum absolute atomic E-state index is 3.83. The van der Waals surface area contributed by atoms with Gasteiger partial charge in [0, 0.05) is 0 Å². The molecule has 0 rings (SSSR count). The number of allylic oxidation sites excluding steroid dienone is 1. The monoisotopic (exact) mass is 172 g/mol. The first-order valence-corrected chi connectivity index (χ1v) is 5.25. The summed E-state index contributed by atoms with van der Waals surface area (Å²) in [5.41, 5.74) is 1.29. The molecule has 1 atom stereocenters. The lowest BCUT2D eigenvalue weighted by molar-refractivity contribution is 0.658. The molecule has 0 fully saturated rings. The highest BCUT2D eigenvalue weighted by molar-refractivity contribution is 4.92. The Hall–Kier alpha value is -0.260. The fourth-order valence-corrected chi connectivity index (χ4v) is 0.348. The Kier molecular flexibility index (Phi) is 25.1. The predicted octanol–water partition coefficient (Wildman–Crippen LogP) is 5.05. The first kappa shape index (κ1) is 17.7. The van der Waals surface area contributed by atoms with Crippen molar-refractivity contribution in [1.29, 1.82) is 0 Å². The average Bonchev–Trinajstić information content (AvgIpc) is 2.08. The van der Waals surface area contributed by atoms with E-state index >= 15 is 0 Å². The van der Waals surface area contributed by atoms with Gasteiger partial charge in [0.25, 0.3) is 0 Å². The molecule has 0 aliphatic carbocycles. The quantitative estimate of drug-likeness (QED) is 0.511. The summed E-state index contributed by atoms with van der Waals surface area (Å²) < 4.78 is 0. The largest absolute Gasteiger partial charge is 0.0999 e. The van der Waals surface area contributed by atoms with Crippen molar-refractivity contribution in [3.8, 4) is 0 Å². The Morgan fingerprint density at radius 2 is 1.42 bits per heavy atom. The molecule has 0 saturated heterocycles. The summed E-state index contributed by atoms with van der Waals surface area (Å²) in [5, 5.41) is 0. The average molecular weight is 172 g/mol. The molecule has 0 aliphatic heterocycles. The molecular formula is C12H28. The van der Waals surface area contributed by atoms with E-state index < -0.39 is 0 Å². The summed E-state index contributed by atoms with van der Waals surface area (Å²) in [7, 11) is 0. The van der Waals surface area contributed by atoms with E-state index in [4.69, 9.17) is 0 Å². The molecule has 0 heteroatoms. The first-order chi connectivity index (χ1) is 5.59. The smallest absolute Gasteiger partial charge is 0.0240 e. The molecule has 0 radical (unpaired) electrons. The molecule has 0 aliphatic rings.